The first-order valence-electron chi connectivity index (χ1n) is 7.00. The molecule has 0 heterocycles. The van der Waals surface area contributed by atoms with Crippen molar-refractivity contribution in [3.8, 4) is 0 Å². The predicted molar refractivity (Wildman–Crippen MR) is 76.7 cm³/mol. The van der Waals surface area contributed by atoms with Crippen LogP contribution < -0.4 is 5.32 Å². The van der Waals surface area contributed by atoms with Crippen LogP contribution in [0.3, 0.4) is 0 Å². The molecule has 0 aliphatic heterocycles. The fourth-order valence-electron chi connectivity index (χ4n) is 1.85. The minimum Gasteiger partial charge on any atom is -0.395 e. The Bertz CT molecular complexity index is 395. The minimum atomic E-state index is -0.284. The van der Waals surface area contributed by atoms with E-state index in [0.717, 1.165) is 24.9 Å². The first kappa shape index (κ1) is 16.6. The molecule has 1 amide bonds. The number of rotatable bonds is 9. The molecule has 0 radical (unpaired) electrons. The standard InChI is InChI=1S/C15H23FN2O2/c1-2-3-8-18(9-10-19)12-15(20)17-11-13-4-6-14(16)7-5-13/h4-7,19H,2-3,8-12H2,1H3,(H,17,20). The molecule has 0 saturated carbocycles. The number of amides is 1. The van der Waals surface area contributed by atoms with Crippen molar-refractivity contribution in [3.63, 3.8) is 0 Å². The number of nitrogens with zero attached hydrogens (tertiary/aromatic N) is 1. The van der Waals surface area contributed by atoms with E-state index in [1.807, 2.05) is 4.90 Å². The molecule has 1 rings (SSSR count). The van der Waals surface area contributed by atoms with Crippen LogP contribution in [0.1, 0.15) is 25.3 Å². The van der Waals surface area contributed by atoms with Crippen LogP contribution in [0.2, 0.25) is 0 Å². The van der Waals surface area contributed by atoms with Gasteiger partial charge in [0.1, 0.15) is 5.82 Å². The summed E-state index contributed by atoms with van der Waals surface area (Å²) in [6.07, 6.45) is 2.06. The van der Waals surface area contributed by atoms with Gasteiger partial charge in [-0.05, 0) is 30.7 Å². The number of benzene rings is 1. The largest absolute Gasteiger partial charge is 0.395 e. The van der Waals surface area contributed by atoms with Crippen LogP contribution in [0.5, 0.6) is 0 Å². The Balaban J connectivity index is 2.35. The lowest BCUT2D eigenvalue weighted by Gasteiger charge is -2.20. The summed E-state index contributed by atoms with van der Waals surface area (Å²) in [5.41, 5.74) is 0.863. The zero-order valence-electron chi connectivity index (χ0n) is 11.9. The van der Waals surface area contributed by atoms with Crippen molar-refractivity contribution in [1.29, 1.82) is 0 Å². The lowest BCUT2D eigenvalue weighted by atomic mass is 10.2. The Labute approximate surface area is 119 Å². The SMILES string of the molecule is CCCCN(CCO)CC(=O)NCc1ccc(F)cc1. The predicted octanol–water partition coefficient (Wildman–Crippen LogP) is 1.54. The van der Waals surface area contributed by atoms with Crippen LogP contribution >= 0.6 is 0 Å². The van der Waals surface area contributed by atoms with E-state index in [9.17, 15) is 9.18 Å². The molecular formula is C15H23FN2O2. The summed E-state index contributed by atoms with van der Waals surface area (Å²) in [4.78, 5) is 13.8. The monoisotopic (exact) mass is 282 g/mol. The van der Waals surface area contributed by atoms with Crippen LogP contribution in [-0.2, 0) is 11.3 Å². The van der Waals surface area contributed by atoms with Gasteiger partial charge >= 0.3 is 0 Å². The van der Waals surface area contributed by atoms with Gasteiger partial charge in [-0.1, -0.05) is 25.5 Å². The summed E-state index contributed by atoms with van der Waals surface area (Å²) in [6.45, 7) is 4.12. The van der Waals surface area contributed by atoms with Gasteiger partial charge in [-0.3, -0.25) is 9.69 Å². The minimum absolute atomic E-state index is 0.0506. The van der Waals surface area contributed by atoms with Gasteiger partial charge in [0.2, 0.25) is 5.91 Å². The quantitative estimate of drug-likeness (QED) is 0.722. The number of hydrogen-bond acceptors (Lipinski definition) is 3. The maximum absolute atomic E-state index is 12.7. The molecule has 0 unspecified atom stereocenters. The van der Waals surface area contributed by atoms with Gasteiger partial charge in [-0.25, -0.2) is 4.39 Å². The molecule has 0 spiro atoms. The molecule has 0 aromatic heterocycles. The van der Waals surface area contributed by atoms with Crippen molar-refractivity contribution in [2.75, 3.05) is 26.2 Å². The molecule has 0 fully saturated rings. The molecular weight excluding hydrogens is 259 g/mol. The maximum atomic E-state index is 12.7. The molecule has 1 aromatic carbocycles. The lowest BCUT2D eigenvalue weighted by molar-refractivity contribution is -0.122. The zero-order valence-corrected chi connectivity index (χ0v) is 11.9. The van der Waals surface area contributed by atoms with Gasteiger partial charge in [0, 0.05) is 13.1 Å². The third-order valence-corrected chi connectivity index (χ3v) is 3.01. The van der Waals surface area contributed by atoms with Gasteiger partial charge < -0.3 is 10.4 Å². The van der Waals surface area contributed by atoms with E-state index in [1.54, 1.807) is 12.1 Å². The second kappa shape index (κ2) is 9.44. The van der Waals surface area contributed by atoms with E-state index < -0.39 is 0 Å². The van der Waals surface area contributed by atoms with Crippen LogP contribution in [0.25, 0.3) is 0 Å². The molecule has 20 heavy (non-hydrogen) atoms. The average Bonchev–Trinajstić information content (AvgIpc) is 2.44. The number of aliphatic hydroxyl groups is 1. The third-order valence-electron chi connectivity index (χ3n) is 3.01. The Morgan fingerprint density at radius 3 is 2.60 bits per heavy atom. The van der Waals surface area contributed by atoms with E-state index in [2.05, 4.69) is 12.2 Å². The first-order valence-corrected chi connectivity index (χ1v) is 7.00. The molecule has 1 aromatic rings. The summed E-state index contributed by atoms with van der Waals surface area (Å²) >= 11 is 0. The summed E-state index contributed by atoms with van der Waals surface area (Å²) in [5.74, 6) is -0.368. The number of halogens is 1. The number of aliphatic hydroxyl groups excluding tert-OH is 1. The molecule has 5 heteroatoms. The van der Waals surface area contributed by atoms with Crippen molar-refractivity contribution in [2.24, 2.45) is 0 Å². The van der Waals surface area contributed by atoms with Gasteiger partial charge in [0.15, 0.2) is 0 Å². The second-order valence-corrected chi connectivity index (χ2v) is 4.76. The highest BCUT2D eigenvalue weighted by Gasteiger charge is 2.09. The molecule has 0 aliphatic carbocycles. The van der Waals surface area contributed by atoms with Crippen LogP contribution in [0.4, 0.5) is 4.39 Å². The maximum Gasteiger partial charge on any atom is 0.234 e. The first-order chi connectivity index (χ1) is 9.65. The van der Waals surface area contributed by atoms with Crippen molar-refractivity contribution >= 4 is 5.91 Å². The molecule has 0 atom stereocenters. The fraction of sp³-hybridized carbons (Fsp3) is 0.533. The Morgan fingerprint density at radius 2 is 2.00 bits per heavy atom. The normalized spacial score (nSPS) is 10.8. The second-order valence-electron chi connectivity index (χ2n) is 4.76. The van der Waals surface area contributed by atoms with Crippen molar-refractivity contribution < 1.29 is 14.3 Å². The third kappa shape index (κ3) is 6.63. The van der Waals surface area contributed by atoms with Crippen molar-refractivity contribution in [1.82, 2.24) is 10.2 Å². The highest BCUT2D eigenvalue weighted by molar-refractivity contribution is 5.78. The van der Waals surface area contributed by atoms with E-state index in [4.69, 9.17) is 5.11 Å². The van der Waals surface area contributed by atoms with Gasteiger partial charge in [-0.15, -0.1) is 0 Å². The smallest absolute Gasteiger partial charge is 0.234 e. The van der Waals surface area contributed by atoms with Gasteiger partial charge in [0.25, 0.3) is 0 Å². The molecule has 4 nitrogen and oxygen atoms in total. The number of carbonyl (C=O) groups is 1. The summed E-state index contributed by atoms with van der Waals surface area (Å²) in [5, 5.41) is 11.8. The lowest BCUT2D eigenvalue weighted by Crippen LogP contribution is -2.38. The number of unbranched alkanes of at least 4 members (excludes halogenated alkanes) is 1. The van der Waals surface area contributed by atoms with Crippen molar-refractivity contribution in [3.05, 3.63) is 35.6 Å². The van der Waals surface area contributed by atoms with E-state index >= 15 is 0 Å². The van der Waals surface area contributed by atoms with Crippen molar-refractivity contribution in [2.45, 2.75) is 26.3 Å². The van der Waals surface area contributed by atoms with Crippen LogP contribution in [0.15, 0.2) is 24.3 Å². The zero-order chi connectivity index (χ0) is 14.8. The van der Waals surface area contributed by atoms with Crippen LogP contribution in [0, 0.1) is 5.82 Å². The van der Waals surface area contributed by atoms with E-state index in [1.165, 1.54) is 12.1 Å². The number of carbonyl (C=O) groups excluding carboxylic acids is 1. The molecule has 0 aliphatic rings. The summed E-state index contributed by atoms with van der Waals surface area (Å²) in [7, 11) is 0. The number of hydrogen-bond donors (Lipinski definition) is 2. The number of nitrogens with one attached hydrogen (secondary N) is 1. The molecule has 2 N–H and O–H groups in total. The highest BCUT2D eigenvalue weighted by atomic mass is 19.1. The topological polar surface area (TPSA) is 52.6 Å². The molecule has 0 bridgehead atoms. The summed E-state index contributed by atoms with van der Waals surface area (Å²) in [6, 6.07) is 6.05. The summed E-state index contributed by atoms with van der Waals surface area (Å²) < 4.78 is 12.7. The molecule has 0 saturated heterocycles. The highest BCUT2D eigenvalue weighted by Crippen LogP contribution is 2.02. The van der Waals surface area contributed by atoms with E-state index in [-0.39, 0.29) is 24.9 Å². The fourth-order valence-corrected chi connectivity index (χ4v) is 1.85. The Morgan fingerprint density at radius 1 is 1.30 bits per heavy atom. The Hall–Kier alpha value is -1.46. The van der Waals surface area contributed by atoms with E-state index in [0.29, 0.717) is 13.1 Å². The Kier molecular flexibility index (Phi) is 7.84. The van der Waals surface area contributed by atoms with Gasteiger partial charge in [0.05, 0.1) is 13.2 Å². The average molecular weight is 282 g/mol. The molecule has 112 valence electrons. The van der Waals surface area contributed by atoms with Crippen LogP contribution in [-0.4, -0.2) is 42.2 Å². The van der Waals surface area contributed by atoms with Gasteiger partial charge in [-0.2, -0.15) is 0 Å².